The number of carbonyl (C=O) groups excluding carboxylic acids is 4. The Hall–Kier alpha value is -3.88. The molecule has 0 aromatic heterocycles. The summed E-state index contributed by atoms with van der Waals surface area (Å²) in [5.41, 5.74) is 0.197. The molecule has 0 bridgehead atoms. The van der Waals surface area contributed by atoms with Crippen molar-refractivity contribution in [3.63, 3.8) is 0 Å². The zero-order valence-electron chi connectivity index (χ0n) is 18.8. The molecule has 0 unspecified atom stereocenters. The van der Waals surface area contributed by atoms with E-state index in [-0.39, 0.29) is 17.7 Å². The van der Waals surface area contributed by atoms with Crippen molar-refractivity contribution in [3.05, 3.63) is 75.8 Å². The van der Waals surface area contributed by atoms with E-state index in [0.717, 1.165) is 22.9 Å². The van der Waals surface area contributed by atoms with E-state index in [0.29, 0.717) is 18.4 Å². The van der Waals surface area contributed by atoms with Gasteiger partial charge in [-0.15, -0.1) is 0 Å². The highest BCUT2D eigenvalue weighted by atomic mass is 16.6. The van der Waals surface area contributed by atoms with Crippen molar-refractivity contribution in [1.82, 2.24) is 10.0 Å². The van der Waals surface area contributed by atoms with E-state index >= 15 is 0 Å². The quantitative estimate of drug-likeness (QED) is 0.267. The molecule has 0 N–H and O–H groups in total. The van der Waals surface area contributed by atoms with Crippen LogP contribution in [0.1, 0.15) is 59.7 Å². The van der Waals surface area contributed by atoms with Crippen LogP contribution in [0.25, 0.3) is 0 Å². The van der Waals surface area contributed by atoms with Crippen molar-refractivity contribution in [2.75, 3.05) is 0 Å². The van der Waals surface area contributed by atoms with Crippen LogP contribution in [-0.2, 0) is 9.59 Å². The molecule has 1 saturated carbocycles. The van der Waals surface area contributed by atoms with Crippen LogP contribution in [-0.4, -0.2) is 44.5 Å². The predicted octanol–water partition coefficient (Wildman–Crippen LogP) is 3.79. The molecule has 3 amide bonds. The van der Waals surface area contributed by atoms with Gasteiger partial charge in [0.1, 0.15) is 6.04 Å². The number of hydrogen-bond acceptors (Lipinski definition) is 6. The number of hydrogen-bond donors (Lipinski definition) is 0. The number of hydrazine groups is 1. The summed E-state index contributed by atoms with van der Waals surface area (Å²) in [4.78, 5) is 64.3. The first kappa shape index (κ1) is 23.3. The van der Waals surface area contributed by atoms with Gasteiger partial charge >= 0.3 is 0 Å². The van der Waals surface area contributed by atoms with Gasteiger partial charge in [0, 0.05) is 23.3 Å². The minimum absolute atomic E-state index is 0.0420. The average Bonchev–Trinajstić information content (AvgIpc) is 3.12. The Kier molecular flexibility index (Phi) is 6.54. The molecule has 1 aliphatic heterocycles. The number of nitro benzene ring substituents is 1. The summed E-state index contributed by atoms with van der Waals surface area (Å²) in [7, 11) is 0. The molecule has 1 saturated heterocycles. The van der Waals surface area contributed by atoms with E-state index in [9.17, 15) is 29.3 Å². The molecule has 1 aliphatic carbocycles. The number of ketones is 1. The van der Waals surface area contributed by atoms with Gasteiger partial charge in [-0.25, -0.2) is 5.01 Å². The van der Waals surface area contributed by atoms with Crippen LogP contribution in [0.2, 0.25) is 0 Å². The molecule has 9 heteroatoms. The smallest absolute Gasteiger partial charge is 0.273 e. The van der Waals surface area contributed by atoms with Crippen LogP contribution in [0.15, 0.2) is 54.6 Å². The van der Waals surface area contributed by atoms with Crippen LogP contribution < -0.4 is 0 Å². The lowest BCUT2D eigenvalue weighted by molar-refractivity contribution is -0.384. The summed E-state index contributed by atoms with van der Waals surface area (Å²) >= 11 is 0. The SMILES string of the molecule is CC[C@H](C(=O)c1ccccc1)N(C(=O)c1ccc([N+](=O)[O-])cc1)N1C(=O)[C@H]2CCCC[C@H]2C1=O. The van der Waals surface area contributed by atoms with Crippen LogP contribution in [0.5, 0.6) is 0 Å². The third-order valence-corrected chi connectivity index (χ3v) is 6.61. The summed E-state index contributed by atoms with van der Waals surface area (Å²) in [5, 5.41) is 12.9. The summed E-state index contributed by atoms with van der Waals surface area (Å²) < 4.78 is 0. The van der Waals surface area contributed by atoms with Crippen molar-refractivity contribution in [1.29, 1.82) is 0 Å². The van der Waals surface area contributed by atoms with Gasteiger partial charge in [-0.2, -0.15) is 5.01 Å². The van der Waals surface area contributed by atoms with Crippen LogP contribution in [0.3, 0.4) is 0 Å². The number of non-ortho nitro benzene ring substituents is 1. The number of carbonyl (C=O) groups is 4. The number of nitrogens with zero attached hydrogens (tertiary/aromatic N) is 3. The highest BCUT2D eigenvalue weighted by molar-refractivity contribution is 6.10. The van der Waals surface area contributed by atoms with Gasteiger partial charge in [-0.3, -0.25) is 29.3 Å². The number of imide groups is 1. The highest BCUT2D eigenvalue weighted by Crippen LogP contribution is 2.39. The molecular weight excluding hydrogens is 438 g/mol. The van der Waals surface area contributed by atoms with Gasteiger partial charge in [0.2, 0.25) is 0 Å². The van der Waals surface area contributed by atoms with Crippen molar-refractivity contribution < 1.29 is 24.1 Å². The maximum Gasteiger partial charge on any atom is 0.273 e. The second kappa shape index (κ2) is 9.54. The third-order valence-electron chi connectivity index (χ3n) is 6.61. The van der Waals surface area contributed by atoms with Gasteiger partial charge in [0.25, 0.3) is 23.4 Å². The first-order valence-electron chi connectivity index (χ1n) is 11.4. The second-order valence-corrected chi connectivity index (χ2v) is 8.59. The molecule has 34 heavy (non-hydrogen) atoms. The highest BCUT2D eigenvalue weighted by Gasteiger charge is 2.53. The van der Waals surface area contributed by atoms with Crippen molar-refractivity contribution in [3.8, 4) is 0 Å². The molecular formula is C25H25N3O6. The summed E-state index contributed by atoms with van der Waals surface area (Å²) in [6.45, 7) is 1.71. The molecule has 3 atom stereocenters. The molecule has 2 fully saturated rings. The standard InChI is InChI=1S/C25H25N3O6/c1-2-21(22(29)16-8-4-3-5-9-16)26(23(30)17-12-14-18(15-13-17)28(33)34)27-24(31)19-10-6-7-11-20(19)25(27)32/h3-5,8-9,12-15,19-21H,2,6-7,10-11H2,1H3/t19-,20+,21-/m1/s1. The Balaban J connectivity index is 1.77. The Morgan fingerprint density at radius 2 is 1.53 bits per heavy atom. The maximum absolute atomic E-state index is 13.7. The van der Waals surface area contributed by atoms with Crippen LogP contribution in [0, 0.1) is 22.0 Å². The number of nitro groups is 1. The maximum atomic E-state index is 13.7. The van der Waals surface area contributed by atoms with Crippen molar-refractivity contribution >= 4 is 29.2 Å². The van der Waals surface area contributed by atoms with E-state index in [2.05, 4.69) is 0 Å². The van der Waals surface area contributed by atoms with Gasteiger partial charge in [-0.1, -0.05) is 50.1 Å². The molecule has 1 heterocycles. The fraction of sp³-hybridized carbons (Fsp3) is 0.360. The number of Topliss-reactive ketones (excluding diaryl/α,β-unsaturated/α-hetero) is 1. The van der Waals surface area contributed by atoms with Gasteiger partial charge in [-0.05, 0) is 31.4 Å². The molecule has 9 nitrogen and oxygen atoms in total. The van der Waals surface area contributed by atoms with Crippen LogP contribution >= 0.6 is 0 Å². The third kappa shape index (κ3) is 4.09. The zero-order chi connectivity index (χ0) is 24.4. The minimum Gasteiger partial charge on any atom is -0.292 e. The number of amides is 3. The van der Waals surface area contributed by atoms with Crippen LogP contribution in [0.4, 0.5) is 5.69 Å². The van der Waals surface area contributed by atoms with Gasteiger partial charge < -0.3 is 0 Å². The second-order valence-electron chi connectivity index (χ2n) is 8.59. The largest absolute Gasteiger partial charge is 0.292 e. The lowest BCUT2D eigenvalue weighted by atomic mass is 9.81. The molecule has 2 aromatic rings. The lowest BCUT2D eigenvalue weighted by Gasteiger charge is -2.36. The fourth-order valence-electron chi connectivity index (χ4n) is 4.85. The Morgan fingerprint density at radius 1 is 0.971 bits per heavy atom. The predicted molar refractivity (Wildman–Crippen MR) is 121 cm³/mol. The molecule has 0 spiro atoms. The van der Waals surface area contributed by atoms with Gasteiger partial charge in [0.05, 0.1) is 16.8 Å². The average molecular weight is 463 g/mol. The molecule has 2 aliphatic rings. The Bertz CT molecular complexity index is 1110. The van der Waals surface area contributed by atoms with Crippen molar-refractivity contribution in [2.24, 2.45) is 11.8 Å². The molecule has 4 rings (SSSR count). The van der Waals surface area contributed by atoms with Crippen molar-refractivity contribution in [2.45, 2.75) is 45.1 Å². The molecule has 2 aromatic carbocycles. The van der Waals surface area contributed by atoms with E-state index in [1.165, 1.54) is 24.3 Å². The minimum atomic E-state index is -1.10. The molecule has 176 valence electrons. The fourth-order valence-corrected chi connectivity index (χ4v) is 4.85. The lowest BCUT2D eigenvalue weighted by Crippen LogP contribution is -2.57. The Labute approximate surface area is 196 Å². The number of rotatable bonds is 7. The van der Waals surface area contributed by atoms with Gasteiger partial charge in [0.15, 0.2) is 5.78 Å². The Morgan fingerprint density at radius 3 is 2.03 bits per heavy atom. The van der Waals surface area contributed by atoms with E-state index in [1.54, 1.807) is 37.3 Å². The van der Waals surface area contributed by atoms with E-state index in [1.807, 2.05) is 0 Å². The van der Waals surface area contributed by atoms with E-state index < -0.39 is 46.3 Å². The zero-order valence-corrected chi connectivity index (χ0v) is 18.8. The topological polar surface area (TPSA) is 118 Å². The summed E-state index contributed by atoms with van der Waals surface area (Å²) in [6.07, 6.45) is 2.94. The number of benzene rings is 2. The summed E-state index contributed by atoms with van der Waals surface area (Å²) in [5.74, 6) is -3.07. The summed E-state index contributed by atoms with van der Waals surface area (Å²) in [6, 6.07) is 12.2. The first-order valence-corrected chi connectivity index (χ1v) is 11.4. The normalized spacial score (nSPS) is 20.6. The molecule has 0 radical (unpaired) electrons. The monoisotopic (exact) mass is 463 g/mol. The first-order chi connectivity index (χ1) is 16.3. The van der Waals surface area contributed by atoms with E-state index in [4.69, 9.17) is 0 Å². The number of fused-ring (bicyclic) bond motifs is 1.